The monoisotopic (exact) mass is 216 g/mol. The molecule has 0 radical (unpaired) electrons. The van der Waals surface area contributed by atoms with Gasteiger partial charge < -0.3 is 14.6 Å². The van der Waals surface area contributed by atoms with Gasteiger partial charge in [-0.1, -0.05) is 20.8 Å². The highest BCUT2D eigenvalue weighted by Gasteiger charge is 2.41. The van der Waals surface area contributed by atoms with E-state index < -0.39 is 12.4 Å². The molecule has 15 heavy (non-hydrogen) atoms. The molecular formula is C11H20O4. The molecule has 1 aliphatic rings. The number of esters is 1. The molecule has 4 nitrogen and oxygen atoms in total. The SMILES string of the molecule is CC[C@H]1OC(O)[C@@H](OC(C)=O)[C@@H](C)[C@@H]1C. The van der Waals surface area contributed by atoms with Gasteiger partial charge in [-0.2, -0.15) is 0 Å². The van der Waals surface area contributed by atoms with Crippen molar-refractivity contribution in [3.8, 4) is 0 Å². The Morgan fingerprint density at radius 3 is 2.47 bits per heavy atom. The molecule has 0 aliphatic carbocycles. The van der Waals surface area contributed by atoms with Crippen molar-refractivity contribution in [3.05, 3.63) is 0 Å². The van der Waals surface area contributed by atoms with E-state index in [1.165, 1.54) is 6.92 Å². The molecule has 4 heteroatoms. The predicted molar refractivity (Wildman–Crippen MR) is 55.1 cm³/mol. The average molecular weight is 216 g/mol. The molecule has 0 saturated carbocycles. The quantitative estimate of drug-likeness (QED) is 0.707. The number of ether oxygens (including phenoxy) is 2. The van der Waals surface area contributed by atoms with E-state index >= 15 is 0 Å². The molecule has 5 atom stereocenters. The van der Waals surface area contributed by atoms with Crippen LogP contribution in [0.1, 0.15) is 34.1 Å². The van der Waals surface area contributed by atoms with E-state index in [0.29, 0.717) is 0 Å². The minimum atomic E-state index is -0.995. The highest BCUT2D eigenvalue weighted by Crippen LogP contribution is 2.32. The summed E-state index contributed by atoms with van der Waals surface area (Å²) in [7, 11) is 0. The fraction of sp³-hybridized carbons (Fsp3) is 0.909. The molecule has 1 aliphatic heterocycles. The molecule has 1 heterocycles. The second-order valence-electron chi connectivity index (χ2n) is 4.27. The minimum Gasteiger partial charge on any atom is -0.457 e. The van der Waals surface area contributed by atoms with Crippen LogP contribution in [0.15, 0.2) is 0 Å². The first kappa shape index (κ1) is 12.5. The fourth-order valence-electron chi connectivity index (χ4n) is 2.10. The zero-order valence-electron chi connectivity index (χ0n) is 9.77. The summed E-state index contributed by atoms with van der Waals surface area (Å²) in [5, 5.41) is 9.71. The smallest absolute Gasteiger partial charge is 0.303 e. The second kappa shape index (κ2) is 4.94. The van der Waals surface area contributed by atoms with Crippen molar-refractivity contribution in [2.75, 3.05) is 0 Å². The zero-order chi connectivity index (χ0) is 11.6. The van der Waals surface area contributed by atoms with Crippen molar-refractivity contribution >= 4 is 5.97 Å². The van der Waals surface area contributed by atoms with Crippen LogP contribution in [0.25, 0.3) is 0 Å². The lowest BCUT2D eigenvalue weighted by Crippen LogP contribution is -2.50. The van der Waals surface area contributed by atoms with Crippen molar-refractivity contribution in [2.45, 2.75) is 52.6 Å². The molecule has 1 saturated heterocycles. The van der Waals surface area contributed by atoms with Crippen molar-refractivity contribution in [1.29, 1.82) is 0 Å². The normalized spacial score (nSPS) is 41.3. The van der Waals surface area contributed by atoms with Crippen molar-refractivity contribution in [2.24, 2.45) is 11.8 Å². The third-order valence-corrected chi connectivity index (χ3v) is 3.23. The largest absolute Gasteiger partial charge is 0.457 e. The Morgan fingerprint density at radius 1 is 1.40 bits per heavy atom. The minimum absolute atomic E-state index is 0.0433. The molecule has 0 amide bonds. The Kier molecular flexibility index (Phi) is 4.11. The molecule has 0 aromatic carbocycles. The number of aliphatic hydroxyl groups is 1. The Bertz CT molecular complexity index is 229. The van der Waals surface area contributed by atoms with Crippen LogP contribution in [0.5, 0.6) is 0 Å². The van der Waals surface area contributed by atoms with E-state index in [1.807, 2.05) is 13.8 Å². The Hall–Kier alpha value is -0.610. The molecule has 0 spiro atoms. The van der Waals surface area contributed by atoms with Crippen LogP contribution in [0.2, 0.25) is 0 Å². The van der Waals surface area contributed by atoms with E-state index in [0.717, 1.165) is 6.42 Å². The van der Waals surface area contributed by atoms with Crippen molar-refractivity contribution < 1.29 is 19.4 Å². The van der Waals surface area contributed by atoms with Gasteiger partial charge in [-0.15, -0.1) is 0 Å². The van der Waals surface area contributed by atoms with E-state index in [4.69, 9.17) is 9.47 Å². The summed E-state index contributed by atoms with van der Waals surface area (Å²) in [6.07, 6.45) is -0.637. The summed E-state index contributed by atoms with van der Waals surface area (Å²) >= 11 is 0. The molecule has 88 valence electrons. The van der Waals surface area contributed by atoms with Crippen molar-refractivity contribution in [1.82, 2.24) is 0 Å². The maximum Gasteiger partial charge on any atom is 0.303 e. The van der Waals surface area contributed by atoms with E-state index in [2.05, 4.69) is 6.92 Å². The van der Waals surface area contributed by atoms with Gasteiger partial charge in [0.15, 0.2) is 12.4 Å². The van der Waals surface area contributed by atoms with Gasteiger partial charge in [-0.25, -0.2) is 0 Å². The van der Waals surface area contributed by atoms with Gasteiger partial charge >= 0.3 is 5.97 Å². The number of rotatable bonds is 2. The average Bonchev–Trinajstić information content (AvgIpc) is 2.18. The number of hydrogen-bond donors (Lipinski definition) is 1. The Labute approximate surface area is 90.6 Å². The summed E-state index contributed by atoms with van der Waals surface area (Å²) in [6, 6.07) is 0. The maximum absolute atomic E-state index is 10.9. The molecule has 0 aromatic rings. The predicted octanol–water partition coefficient (Wildman–Crippen LogP) is 1.32. The number of carbonyl (C=O) groups excluding carboxylic acids is 1. The van der Waals surface area contributed by atoms with E-state index in [-0.39, 0.29) is 23.9 Å². The number of carbonyl (C=O) groups is 1. The maximum atomic E-state index is 10.9. The summed E-state index contributed by atoms with van der Waals surface area (Å²) in [6.45, 7) is 7.40. The zero-order valence-corrected chi connectivity index (χ0v) is 9.77. The first-order valence-electron chi connectivity index (χ1n) is 5.48. The van der Waals surface area contributed by atoms with Gasteiger partial charge in [0.25, 0.3) is 0 Å². The Morgan fingerprint density at radius 2 is 2.00 bits per heavy atom. The molecule has 1 unspecified atom stereocenters. The van der Waals surface area contributed by atoms with Gasteiger partial charge in [0, 0.05) is 12.8 Å². The van der Waals surface area contributed by atoms with Crippen LogP contribution < -0.4 is 0 Å². The van der Waals surface area contributed by atoms with Crippen LogP contribution in [-0.2, 0) is 14.3 Å². The van der Waals surface area contributed by atoms with Crippen LogP contribution in [0.4, 0.5) is 0 Å². The summed E-state index contributed by atoms with van der Waals surface area (Å²) in [4.78, 5) is 10.9. The molecule has 1 rings (SSSR count). The lowest BCUT2D eigenvalue weighted by molar-refractivity contribution is -0.257. The van der Waals surface area contributed by atoms with Gasteiger partial charge in [-0.05, 0) is 12.3 Å². The van der Waals surface area contributed by atoms with Gasteiger partial charge in [-0.3, -0.25) is 4.79 Å². The van der Waals surface area contributed by atoms with E-state index in [9.17, 15) is 9.90 Å². The highest BCUT2D eigenvalue weighted by molar-refractivity contribution is 5.66. The van der Waals surface area contributed by atoms with Crippen LogP contribution in [-0.4, -0.2) is 29.6 Å². The van der Waals surface area contributed by atoms with Gasteiger partial charge in [0.1, 0.15) is 0 Å². The summed E-state index contributed by atoms with van der Waals surface area (Å²) in [5.74, 6) is 0.0157. The van der Waals surface area contributed by atoms with Crippen molar-refractivity contribution in [3.63, 3.8) is 0 Å². The Balaban J connectivity index is 2.70. The third-order valence-electron chi connectivity index (χ3n) is 3.23. The molecule has 0 bridgehead atoms. The van der Waals surface area contributed by atoms with Crippen LogP contribution in [0, 0.1) is 11.8 Å². The van der Waals surface area contributed by atoms with Crippen LogP contribution >= 0.6 is 0 Å². The van der Waals surface area contributed by atoms with Gasteiger partial charge in [0.2, 0.25) is 0 Å². The molecular weight excluding hydrogens is 196 g/mol. The lowest BCUT2D eigenvalue weighted by Gasteiger charge is -2.41. The number of aliphatic hydroxyl groups excluding tert-OH is 1. The third kappa shape index (κ3) is 2.69. The second-order valence-corrected chi connectivity index (χ2v) is 4.27. The highest BCUT2D eigenvalue weighted by atomic mass is 16.6. The van der Waals surface area contributed by atoms with E-state index in [1.54, 1.807) is 0 Å². The standard InChI is InChI=1S/C11H20O4/c1-5-9-6(2)7(3)10(11(13)15-9)14-8(4)12/h6-7,9-11,13H,5H2,1-4H3/t6-,7-,9+,10-,11?/m0/s1. The fourth-order valence-corrected chi connectivity index (χ4v) is 2.10. The first-order chi connectivity index (χ1) is 6.97. The van der Waals surface area contributed by atoms with Gasteiger partial charge in [0.05, 0.1) is 6.10 Å². The lowest BCUT2D eigenvalue weighted by atomic mass is 9.82. The molecule has 0 aromatic heterocycles. The number of hydrogen-bond acceptors (Lipinski definition) is 4. The summed E-state index contributed by atoms with van der Waals surface area (Å²) in [5.41, 5.74) is 0. The first-order valence-corrected chi connectivity index (χ1v) is 5.48. The topological polar surface area (TPSA) is 55.8 Å². The summed E-state index contributed by atoms with van der Waals surface area (Å²) < 4.78 is 10.5. The van der Waals surface area contributed by atoms with Crippen LogP contribution in [0.3, 0.4) is 0 Å². The molecule has 1 fully saturated rings. The molecule has 1 N–H and O–H groups in total.